The van der Waals surface area contributed by atoms with Crippen LogP contribution in [0.25, 0.3) is 0 Å². The van der Waals surface area contributed by atoms with E-state index >= 15 is 0 Å². The lowest BCUT2D eigenvalue weighted by atomic mass is 10.1. The molecule has 0 aliphatic heterocycles. The van der Waals surface area contributed by atoms with Crippen LogP contribution in [0.3, 0.4) is 0 Å². The van der Waals surface area contributed by atoms with Crippen molar-refractivity contribution in [3.63, 3.8) is 0 Å². The van der Waals surface area contributed by atoms with Crippen molar-refractivity contribution in [1.29, 1.82) is 0 Å². The van der Waals surface area contributed by atoms with E-state index in [0.29, 0.717) is 23.7 Å². The molecule has 1 heterocycles. The monoisotopic (exact) mass is 457 g/mol. The van der Waals surface area contributed by atoms with Gasteiger partial charge in [-0.05, 0) is 74.5 Å². The molecule has 32 heavy (non-hydrogen) atoms. The lowest BCUT2D eigenvalue weighted by molar-refractivity contribution is 0.0318. The highest BCUT2D eigenvalue weighted by molar-refractivity contribution is 7.89. The maximum absolute atomic E-state index is 12.5. The molecule has 3 rings (SSSR count). The molecule has 168 valence electrons. The lowest BCUT2D eigenvalue weighted by Crippen LogP contribution is -2.25. The van der Waals surface area contributed by atoms with Crippen LogP contribution in [-0.2, 0) is 21.3 Å². The molecule has 1 N–H and O–H groups in total. The maximum atomic E-state index is 12.5. The number of carbonyl (C=O) groups is 2. The molecule has 9 heteroatoms. The second-order valence-electron chi connectivity index (χ2n) is 6.80. The van der Waals surface area contributed by atoms with Crippen LogP contribution in [0, 0.1) is 0 Å². The van der Waals surface area contributed by atoms with Crippen molar-refractivity contribution in [1.82, 2.24) is 4.72 Å². The summed E-state index contributed by atoms with van der Waals surface area (Å²) in [6.45, 7) is 3.86. The van der Waals surface area contributed by atoms with Crippen molar-refractivity contribution in [2.45, 2.75) is 31.4 Å². The number of ether oxygens (including phenoxy) is 2. The van der Waals surface area contributed by atoms with Gasteiger partial charge in [0.15, 0.2) is 6.10 Å². The van der Waals surface area contributed by atoms with Gasteiger partial charge in [-0.2, -0.15) is 0 Å². The van der Waals surface area contributed by atoms with Crippen LogP contribution >= 0.6 is 0 Å². The van der Waals surface area contributed by atoms with Crippen LogP contribution in [0.1, 0.15) is 40.3 Å². The molecule has 0 aliphatic rings. The van der Waals surface area contributed by atoms with E-state index < -0.39 is 22.1 Å². The second kappa shape index (κ2) is 10.3. The van der Waals surface area contributed by atoms with Crippen LogP contribution in [0.5, 0.6) is 5.75 Å². The summed E-state index contributed by atoms with van der Waals surface area (Å²) in [6.07, 6.45) is 0.435. The number of ketones is 1. The number of esters is 1. The minimum absolute atomic E-state index is 0.00427. The van der Waals surface area contributed by atoms with E-state index in [2.05, 4.69) is 4.72 Å². The summed E-state index contributed by atoms with van der Waals surface area (Å²) in [5.41, 5.74) is 0.513. The summed E-state index contributed by atoms with van der Waals surface area (Å²) in [5, 5.41) is 0. The number of nitrogens with one attached hydrogen (secondary N) is 1. The number of hydrogen-bond acceptors (Lipinski definition) is 7. The van der Waals surface area contributed by atoms with Gasteiger partial charge < -0.3 is 13.9 Å². The van der Waals surface area contributed by atoms with Gasteiger partial charge in [-0.3, -0.25) is 4.79 Å². The smallest absolute Gasteiger partial charge is 0.338 e. The van der Waals surface area contributed by atoms with Crippen molar-refractivity contribution in [3.05, 3.63) is 83.8 Å². The molecule has 0 saturated heterocycles. The van der Waals surface area contributed by atoms with E-state index in [1.807, 2.05) is 6.92 Å². The van der Waals surface area contributed by atoms with Gasteiger partial charge in [0.1, 0.15) is 11.5 Å². The van der Waals surface area contributed by atoms with Gasteiger partial charge in [0.2, 0.25) is 15.8 Å². The van der Waals surface area contributed by atoms with Crippen LogP contribution in [-0.4, -0.2) is 32.9 Å². The van der Waals surface area contributed by atoms with Gasteiger partial charge in [0.05, 0.1) is 29.9 Å². The summed E-state index contributed by atoms with van der Waals surface area (Å²) in [6, 6.07) is 15.1. The van der Waals surface area contributed by atoms with Crippen LogP contribution in [0.4, 0.5) is 0 Å². The van der Waals surface area contributed by atoms with Gasteiger partial charge in [-0.25, -0.2) is 17.9 Å². The molecule has 2 aromatic carbocycles. The topological polar surface area (TPSA) is 112 Å². The molecule has 0 unspecified atom stereocenters. The van der Waals surface area contributed by atoms with Crippen molar-refractivity contribution >= 4 is 21.8 Å². The fourth-order valence-electron chi connectivity index (χ4n) is 2.83. The molecule has 1 aromatic heterocycles. The molecule has 0 fully saturated rings. The summed E-state index contributed by atoms with van der Waals surface area (Å²) >= 11 is 0. The third-order valence-electron chi connectivity index (χ3n) is 4.52. The summed E-state index contributed by atoms with van der Waals surface area (Å²) in [7, 11) is -3.79. The average molecular weight is 458 g/mol. The predicted molar refractivity (Wildman–Crippen MR) is 116 cm³/mol. The van der Waals surface area contributed by atoms with Crippen LogP contribution in [0.15, 0.2) is 76.2 Å². The van der Waals surface area contributed by atoms with E-state index in [9.17, 15) is 18.0 Å². The van der Waals surface area contributed by atoms with E-state index in [4.69, 9.17) is 13.9 Å². The molecule has 0 amide bonds. The van der Waals surface area contributed by atoms with Crippen LogP contribution < -0.4 is 9.46 Å². The third kappa shape index (κ3) is 5.83. The highest BCUT2D eigenvalue weighted by atomic mass is 32.2. The first-order valence-electron chi connectivity index (χ1n) is 9.90. The summed E-state index contributed by atoms with van der Waals surface area (Å²) in [4.78, 5) is 24.9. The normalized spacial score (nSPS) is 12.2. The predicted octanol–water partition coefficient (Wildman–Crippen LogP) is 3.59. The Labute approximate surface area is 186 Å². The zero-order valence-electron chi connectivity index (χ0n) is 17.6. The Hall–Kier alpha value is -3.43. The molecule has 8 nitrogen and oxygen atoms in total. The van der Waals surface area contributed by atoms with Gasteiger partial charge >= 0.3 is 5.97 Å². The van der Waals surface area contributed by atoms with Gasteiger partial charge in [0, 0.05) is 5.56 Å². The molecule has 0 radical (unpaired) electrons. The second-order valence-corrected chi connectivity index (χ2v) is 8.56. The number of hydrogen-bond donors (Lipinski definition) is 1. The first-order chi connectivity index (χ1) is 15.3. The Morgan fingerprint density at radius 3 is 2.25 bits per heavy atom. The molecule has 0 spiro atoms. The van der Waals surface area contributed by atoms with E-state index in [0.717, 1.165) is 0 Å². The lowest BCUT2D eigenvalue weighted by Gasteiger charge is -2.13. The largest absolute Gasteiger partial charge is 0.494 e. The number of carbonyl (C=O) groups excluding carboxylic acids is 2. The SMILES string of the molecule is CCOc1ccc(C(=O)[C@@H](C)OC(=O)c2ccc(S(=O)(=O)NCc3ccco3)cc2)cc1. The van der Waals surface area contributed by atoms with E-state index in [-0.39, 0.29) is 22.8 Å². The average Bonchev–Trinajstić information content (AvgIpc) is 3.32. The zero-order chi connectivity index (χ0) is 23.1. The number of benzene rings is 2. The zero-order valence-corrected chi connectivity index (χ0v) is 18.4. The molecule has 0 saturated carbocycles. The van der Waals surface area contributed by atoms with Crippen molar-refractivity contribution < 1.29 is 31.9 Å². The van der Waals surface area contributed by atoms with Gasteiger partial charge in [-0.1, -0.05) is 0 Å². The van der Waals surface area contributed by atoms with Crippen molar-refractivity contribution in [2.75, 3.05) is 6.61 Å². The summed E-state index contributed by atoms with van der Waals surface area (Å²) < 4.78 is 42.9. The molecular formula is C23H23NO7S. The first kappa shape index (κ1) is 23.2. The van der Waals surface area contributed by atoms with E-state index in [1.165, 1.54) is 37.5 Å². The van der Waals surface area contributed by atoms with Crippen molar-refractivity contribution in [2.24, 2.45) is 0 Å². The Bertz CT molecular complexity index is 1150. The standard InChI is InChI=1S/C23H23NO7S/c1-3-29-19-10-6-17(7-11-19)22(25)16(2)31-23(26)18-8-12-21(13-9-18)32(27,28)24-15-20-5-4-14-30-20/h4-14,16,24H,3,15H2,1-2H3/t16-/m1/s1. The minimum atomic E-state index is -3.79. The van der Waals surface area contributed by atoms with Crippen molar-refractivity contribution in [3.8, 4) is 5.75 Å². The molecule has 1 atom stereocenters. The van der Waals surface area contributed by atoms with Crippen LogP contribution in [0.2, 0.25) is 0 Å². The highest BCUT2D eigenvalue weighted by Crippen LogP contribution is 2.16. The van der Waals surface area contributed by atoms with E-state index in [1.54, 1.807) is 36.4 Å². The Morgan fingerprint density at radius 2 is 1.66 bits per heavy atom. The Kier molecular flexibility index (Phi) is 7.45. The Morgan fingerprint density at radius 1 is 1.00 bits per heavy atom. The van der Waals surface area contributed by atoms with Gasteiger partial charge in [0.25, 0.3) is 0 Å². The fourth-order valence-corrected chi connectivity index (χ4v) is 3.83. The maximum Gasteiger partial charge on any atom is 0.338 e. The third-order valence-corrected chi connectivity index (χ3v) is 5.94. The first-order valence-corrected chi connectivity index (χ1v) is 11.4. The number of rotatable bonds is 10. The molecule has 3 aromatic rings. The minimum Gasteiger partial charge on any atom is -0.494 e. The summed E-state index contributed by atoms with van der Waals surface area (Å²) in [5.74, 6) is 0.0225. The highest BCUT2D eigenvalue weighted by Gasteiger charge is 2.21. The number of Topliss-reactive ketones (excluding diaryl/α,β-unsaturated/α-hetero) is 1. The van der Waals surface area contributed by atoms with Gasteiger partial charge in [-0.15, -0.1) is 0 Å². The molecule has 0 bridgehead atoms. The fraction of sp³-hybridized carbons (Fsp3) is 0.217. The molecule has 0 aliphatic carbocycles. The quantitative estimate of drug-likeness (QED) is 0.366. The Balaban J connectivity index is 1.60. The number of furan rings is 1. The molecular weight excluding hydrogens is 434 g/mol. The number of sulfonamides is 1.